The second-order valence-electron chi connectivity index (χ2n) is 7.04. The smallest absolute Gasteiger partial charge is 0.242 e. The summed E-state index contributed by atoms with van der Waals surface area (Å²) in [7, 11) is -3.34. The van der Waals surface area contributed by atoms with E-state index in [2.05, 4.69) is 75.7 Å². The first-order chi connectivity index (χ1) is 9.16. The Bertz CT molecular complexity index is 610. The van der Waals surface area contributed by atoms with Crippen molar-refractivity contribution >= 4 is 27.4 Å². The summed E-state index contributed by atoms with van der Waals surface area (Å²) < 4.78 is 12.6. The van der Waals surface area contributed by atoms with Crippen molar-refractivity contribution in [3.63, 3.8) is 0 Å². The first-order valence-electron chi connectivity index (χ1n) is 7.05. The molecule has 20 heavy (non-hydrogen) atoms. The van der Waals surface area contributed by atoms with Gasteiger partial charge in [-0.1, -0.05) is 30.3 Å². The lowest BCUT2D eigenvalue weighted by atomic mass is 10.1. The third-order valence-electron chi connectivity index (χ3n) is 2.67. The molecule has 0 aliphatic heterocycles. The van der Waals surface area contributed by atoms with Gasteiger partial charge in [0, 0.05) is 5.39 Å². The zero-order chi connectivity index (χ0) is 15.0. The van der Waals surface area contributed by atoms with Crippen LogP contribution in [0.1, 0.15) is 0 Å². The van der Waals surface area contributed by atoms with Gasteiger partial charge in [0.05, 0.1) is 0 Å². The maximum Gasteiger partial charge on any atom is 0.242 e. The first kappa shape index (κ1) is 15.1. The molecule has 0 aliphatic carbocycles. The standard InChI is InChI=1S/C16H24O2Si2/c1-19(2,3)17-15-12-11-13-9-7-8-10-14(13)16(15)18-20(4,5)6/h7-12H,1-6H3. The predicted octanol–water partition coefficient (Wildman–Crippen LogP) is 5.27. The molecule has 0 saturated carbocycles. The first-order valence-corrected chi connectivity index (χ1v) is 13.9. The predicted molar refractivity (Wildman–Crippen MR) is 91.9 cm³/mol. The molecule has 2 nitrogen and oxygen atoms in total. The fraction of sp³-hybridized carbons (Fsp3) is 0.375. The molecule has 108 valence electrons. The maximum atomic E-state index is 6.33. The Morgan fingerprint density at radius 3 is 1.90 bits per heavy atom. The van der Waals surface area contributed by atoms with Gasteiger partial charge in [0.1, 0.15) is 5.75 Å². The van der Waals surface area contributed by atoms with E-state index in [1.807, 2.05) is 0 Å². The number of hydrogen-bond acceptors (Lipinski definition) is 2. The SMILES string of the molecule is C[Si](C)(C)Oc1ccc2ccccc2c1O[Si](C)(C)C. The van der Waals surface area contributed by atoms with Gasteiger partial charge < -0.3 is 8.85 Å². The fourth-order valence-corrected chi connectivity index (χ4v) is 3.69. The van der Waals surface area contributed by atoms with Gasteiger partial charge in [-0.3, -0.25) is 0 Å². The van der Waals surface area contributed by atoms with Gasteiger partial charge in [0.2, 0.25) is 16.6 Å². The van der Waals surface area contributed by atoms with Gasteiger partial charge in [-0.25, -0.2) is 0 Å². The summed E-state index contributed by atoms with van der Waals surface area (Å²) in [5, 5.41) is 2.34. The van der Waals surface area contributed by atoms with Crippen LogP contribution in [0.15, 0.2) is 36.4 Å². The number of hydrogen-bond donors (Lipinski definition) is 0. The zero-order valence-corrected chi connectivity index (χ0v) is 15.3. The highest BCUT2D eigenvalue weighted by molar-refractivity contribution is 6.71. The molecule has 0 saturated heterocycles. The Morgan fingerprint density at radius 1 is 0.700 bits per heavy atom. The van der Waals surface area contributed by atoms with E-state index in [1.165, 1.54) is 5.39 Å². The van der Waals surface area contributed by atoms with Crippen molar-refractivity contribution in [2.45, 2.75) is 39.3 Å². The average molecular weight is 305 g/mol. The molecule has 0 unspecified atom stereocenters. The van der Waals surface area contributed by atoms with Crippen molar-refractivity contribution in [2.24, 2.45) is 0 Å². The molecule has 0 heterocycles. The zero-order valence-electron chi connectivity index (χ0n) is 13.3. The second-order valence-corrected chi connectivity index (χ2v) is 15.9. The van der Waals surface area contributed by atoms with Crippen LogP contribution in [0.2, 0.25) is 39.3 Å². The summed E-state index contributed by atoms with van der Waals surface area (Å²) in [6.07, 6.45) is 0. The van der Waals surface area contributed by atoms with Crippen LogP contribution in [0.25, 0.3) is 10.8 Å². The van der Waals surface area contributed by atoms with Gasteiger partial charge >= 0.3 is 0 Å². The lowest BCUT2D eigenvalue weighted by Gasteiger charge is -2.26. The van der Waals surface area contributed by atoms with Crippen molar-refractivity contribution < 1.29 is 8.85 Å². The number of benzene rings is 2. The minimum Gasteiger partial charge on any atom is -0.542 e. The highest BCUT2D eigenvalue weighted by atomic mass is 28.4. The van der Waals surface area contributed by atoms with E-state index in [-0.39, 0.29) is 0 Å². The monoisotopic (exact) mass is 304 g/mol. The van der Waals surface area contributed by atoms with Gasteiger partial charge in [-0.05, 0) is 50.7 Å². The van der Waals surface area contributed by atoms with Gasteiger partial charge in [-0.15, -0.1) is 0 Å². The summed E-state index contributed by atoms with van der Waals surface area (Å²) in [6, 6.07) is 12.5. The molecule has 4 heteroatoms. The Kier molecular flexibility index (Phi) is 3.98. The maximum absolute atomic E-state index is 6.33. The Morgan fingerprint density at radius 2 is 1.30 bits per heavy atom. The third-order valence-corrected chi connectivity index (χ3v) is 4.32. The molecular formula is C16H24O2Si2. The topological polar surface area (TPSA) is 18.5 Å². The molecule has 0 aliphatic rings. The molecule has 0 fully saturated rings. The molecule has 0 spiro atoms. The van der Waals surface area contributed by atoms with Crippen LogP contribution < -0.4 is 8.85 Å². The van der Waals surface area contributed by atoms with Crippen LogP contribution in [-0.4, -0.2) is 16.6 Å². The summed E-state index contributed by atoms with van der Waals surface area (Å²) in [6.45, 7) is 13.2. The Balaban J connectivity index is 2.59. The molecular weight excluding hydrogens is 280 g/mol. The summed E-state index contributed by atoms with van der Waals surface area (Å²) >= 11 is 0. The Hall–Kier alpha value is -1.27. The summed E-state index contributed by atoms with van der Waals surface area (Å²) in [5.74, 6) is 1.81. The van der Waals surface area contributed by atoms with Crippen molar-refractivity contribution in [3.05, 3.63) is 36.4 Å². The van der Waals surface area contributed by atoms with Gasteiger partial charge in [0.15, 0.2) is 5.75 Å². The van der Waals surface area contributed by atoms with E-state index < -0.39 is 16.6 Å². The van der Waals surface area contributed by atoms with E-state index in [0.29, 0.717) is 0 Å². The van der Waals surface area contributed by atoms with E-state index in [0.717, 1.165) is 16.9 Å². The summed E-state index contributed by atoms with van der Waals surface area (Å²) in [4.78, 5) is 0. The van der Waals surface area contributed by atoms with Crippen LogP contribution in [0.3, 0.4) is 0 Å². The van der Waals surface area contributed by atoms with Crippen LogP contribution >= 0.6 is 0 Å². The number of fused-ring (bicyclic) bond motifs is 1. The summed E-state index contributed by atoms with van der Waals surface area (Å²) in [5.41, 5.74) is 0. The van der Waals surface area contributed by atoms with E-state index in [4.69, 9.17) is 8.85 Å². The van der Waals surface area contributed by atoms with Crippen molar-refractivity contribution in [2.75, 3.05) is 0 Å². The average Bonchev–Trinajstić information content (AvgIpc) is 2.29. The van der Waals surface area contributed by atoms with Crippen LogP contribution in [0.4, 0.5) is 0 Å². The molecule has 0 atom stereocenters. The highest BCUT2D eigenvalue weighted by Crippen LogP contribution is 2.38. The largest absolute Gasteiger partial charge is 0.542 e. The van der Waals surface area contributed by atoms with E-state index in [9.17, 15) is 0 Å². The van der Waals surface area contributed by atoms with Gasteiger partial charge in [-0.2, -0.15) is 0 Å². The fourth-order valence-electron chi connectivity index (χ4n) is 2.04. The third kappa shape index (κ3) is 3.87. The Labute approximate surface area is 124 Å². The molecule has 2 aromatic carbocycles. The normalized spacial score (nSPS) is 12.5. The second kappa shape index (κ2) is 5.26. The van der Waals surface area contributed by atoms with Crippen molar-refractivity contribution in [1.82, 2.24) is 0 Å². The lowest BCUT2D eigenvalue weighted by molar-refractivity contribution is 0.493. The van der Waals surface area contributed by atoms with E-state index in [1.54, 1.807) is 0 Å². The molecule has 2 aromatic rings. The van der Waals surface area contributed by atoms with Gasteiger partial charge in [0.25, 0.3) is 0 Å². The van der Waals surface area contributed by atoms with Crippen molar-refractivity contribution in [3.8, 4) is 11.5 Å². The molecule has 0 bridgehead atoms. The molecule has 0 radical (unpaired) electrons. The van der Waals surface area contributed by atoms with Crippen LogP contribution in [0.5, 0.6) is 11.5 Å². The minimum absolute atomic E-state index is 0.894. The lowest BCUT2D eigenvalue weighted by Crippen LogP contribution is -2.32. The van der Waals surface area contributed by atoms with E-state index >= 15 is 0 Å². The molecule has 0 aromatic heterocycles. The quantitative estimate of drug-likeness (QED) is 0.717. The molecule has 0 amide bonds. The molecule has 0 N–H and O–H groups in total. The highest BCUT2D eigenvalue weighted by Gasteiger charge is 2.24. The van der Waals surface area contributed by atoms with Crippen molar-refractivity contribution in [1.29, 1.82) is 0 Å². The van der Waals surface area contributed by atoms with Crippen LogP contribution in [-0.2, 0) is 0 Å². The minimum atomic E-state index is -1.69. The molecule has 2 rings (SSSR count). The van der Waals surface area contributed by atoms with Crippen LogP contribution in [0, 0.1) is 0 Å². The number of rotatable bonds is 4.